The van der Waals surface area contributed by atoms with Crippen LogP contribution < -0.4 is 0 Å². The molecule has 2 N–H and O–H groups in total. The van der Waals surface area contributed by atoms with Gasteiger partial charge in [-0.2, -0.15) is 0 Å². The molecule has 3 aliphatic rings. The highest BCUT2D eigenvalue weighted by atomic mass is 16.7. The number of esters is 1. The van der Waals surface area contributed by atoms with E-state index in [2.05, 4.69) is 15.3 Å². The van der Waals surface area contributed by atoms with Crippen LogP contribution in [0.15, 0.2) is 40.3 Å². The Morgan fingerprint density at radius 3 is 2.37 bits per heavy atom. The summed E-state index contributed by atoms with van der Waals surface area (Å²) in [5.74, 6) is -5.49. The second-order valence-electron chi connectivity index (χ2n) is 16.6. The number of nitrogens with zero attached hydrogens (tertiary/aromatic N) is 4. The van der Waals surface area contributed by atoms with Gasteiger partial charge in [-0.05, 0) is 67.1 Å². The van der Waals surface area contributed by atoms with Crippen LogP contribution in [-0.4, -0.2) is 130 Å². The average molecular weight is 801 g/mol. The Labute approximate surface area is 334 Å². The van der Waals surface area contributed by atoms with Gasteiger partial charge in [0.2, 0.25) is 0 Å². The van der Waals surface area contributed by atoms with Gasteiger partial charge in [-0.1, -0.05) is 44.1 Å². The van der Waals surface area contributed by atoms with Gasteiger partial charge in [0.25, 0.3) is 0 Å². The maximum atomic E-state index is 14.4. The average Bonchev–Trinajstić information content (AvgIpc) is 3.72. The number of aromatic nitrogens is 2. The molecular formula is C41H60N4O12. The molecule has 0 radical (unpaired) electrons. The zero-order valence-electron chi connectivity index (χ0n) is 34.7. The first kappa shape index (κ1) is 44.5. The highest BCUT2D eigenvalue weighted by molar-refractivity contribution is 6.00. The number of rotatable bonds is 8. The summed E-state index contributed by atoms with van der Waals surface area (Å²) in [5, 5.41) is 32.1. The Bertz CT molecular complexity index is 1700. The first-order valence-electron chi connectivity index (χ1n) is 19.8. The van der Waals surface area contributed by atoms with Crippen LogP contribution in [0.2, 0.25) is 0 Å². The van der Waals surface area contributed by atoms with Gasteiger partial charge >= 0.3 is 5.97 Å². The Hall–Kier alpha value is -3.64. The number of hydrogen-bond donors (Lipinski definition) is 2. The number of likely N-dealkylation sites (N-methyl/N-ethyl adjacent to an activating group) is 1. The fourth-order valence-corrected chi connectivity index (χ4v) is 8.41. The minimum absolute atomic E-state index is 0.0328. The number of pyridine rings is 1. The summed E-state index contributed by atoms with van der Waals surface area (Å²) < 4.78 is 36.8. The predicted molar refractivity (Wildman–Crippen MR) is 205 cm³/mol. The Morgan fingerprint density at radius 1 is 1.00 bits per heavy atom. The minimum Gasteiger partial charge on any atom is -0.459 e. The number of carbonyl (C=O) groups excluding carboxylic acids is 3. The van der Waals surface area contributed by atoms with Gasteiger partial charge in [0.1, 0.15) is 53.8 Å². The normalized spacial score (nSPS) is 38.3. The van der Waals surface area contributed by atoms with Crippen molar-refractivity contribution in [3.05, 3.63) is 36.2 Å². The highest BCUT2D eigenvalue weighted by Gasteiger charge is 2.53. The summed E-state index contributed by atoms with van der Waals surface area (Å²) in [5.41, 5.74) is -1.12. The van der Waals surface area contributed by atoms with Crippen molar-refractivity contribution in [1.29, 1.82) is 0 Å². The van der Waals surface area contributed by atoms with Crippen LogP contribution in [-0.2, 0) is 49.5 Å². The number of fused-ring (bicyclic) bond motifs is 5. The van der Waals surface area contributed by atoms with E-state index in [1.807, 2.05) is 32.0 Å². The molecule has 2 bridgehead atoms. The molecule has 2 aromatic heterocycles. The fraction of sp³-hybridized carbons (Fsp3) is 0.707. The van der Waals surface area contributed by atoms with Crippen LogP contribution in [0.4, 0.5) is 0 Å². The molecular weight excluding hydrogens is 740 g/mol. The number of carbonyl (C=O) groups is 3. The van der Waals surface area contributed by atoms with E-state index in [1.54, 1.807) is 52.9 Å². The number of oxime groups is 1. The topological polar surface area (TPSA) is 202 Å². The smallest absolute Gasteiger partial charge is 0.316 e. The van der Waals surface area contributed by atoms with Crippen LogP contribution >= 0.6 is 0 Å². The first-order chi connectivity index (χ1) is 26.9. The van der Waals surface area contributed by atoms with E-state index in [4.69, 9.17) is 33.0 Å². The van der Waals surface area contributed by atoms with E-state index < -0.39 is 77.3 Å². The van der Waals surface area contributed by atoms with Gasteiger partial charge in [0.15, 0.2) is 12.1 Å². The van der Waals surface area contributed by atoms with Gasteiger partial charge in [0, 0.05) is 41.6 Å². The summed E-state index contributed by atoms with van der Waals surface area (Å²) in [4.78, 5) is 54.6. The molecule has 2 aromatic rings. The summed E-state index contributed by atoms with van der Waals surface area (Å²) in [6, 6.07) is 4.98. The second-order valence-corrected chi connectivity index (χ2v) is 16.6. The van der Waals surface area contributed by atoms with Crippen LogP contribution in [0.25, 0.3) is 11.4 Å². The number of aliphatic hydroxyl groups is 2. The maximum Gasteiger partial charge on any atom is 0.316 e. The number of ketones is 2. The first-order valence-corrected chi connectivity index (χ1v) is 19.8. The molecule has 13 atom stereocenters. The SMILES string of the molecule is CC[C@H]1OC(=O)[C@H](C)C(=O)[C@H](C)[C@@H](O[C@@H]2O[C@H](C)C[C@H](N(C)C)[C@H]2O)[C@@]2(C)C[C@@H](C)C(=O)[C@H](C)[C@H](OC/C(=N\OCc3ccc(-c4ccon4)nc3)CO2)[C@]1(C)O. The molecule has 0 spiro atoms. The van der Waals surface area contributed by atoms with Crippen molar-refractivity contribution in [3.63, 3.8) is 0 Å². The molecule has 5 rings (SSSR count). The number of ether oxygens (including phenoxy) is 5. The monoisotopic (exact) mass is 800 g/mol. The number of Topliss-reactive ketones (excluding diaryl/α,β-unsaturated/α-hetero) is 2. The maximum absolute atomic E-state index is 14.4. The van der Waals surface area contributed by atoms with E-state index >= 15 is 0 Å². The molecule has 0 unspecified atom stereocenters. The van der Waals surface area contributed by atoms with Crippen LogP contribution in [0.5, 0.6) is 0 Å². The molecule has 0 aliphatic carbocycles. The molecule has 316 valence electrons. The summed E-state index contributed by atoms with van der Waals surface area (Å²) in [7, 11) is 3.72. The Morgan fingerprint density at radius 2 is 1.74 bits per heavy atom. The lowest BCUT2D eigenvalue weighted by Gasteiger charge is -2.47. The standard InChI is InChI=1S/C41H60N4O12/c1-11-32-41(8,50)37-24(4)33(46)22(2)17-40(7,52-21-28(20-51-37)43-54-19-27-12-13-29(42-18-27)30-14-15-53-44-30)36(25(5)34(47)26(6)38(49)56-32)57-39-35(48)31(45(9)10)16-23(3)55-39/h12-15,18,22-26,31-32,35-37,39,48,50H,11,16-17,19-21H2,1-10H3/b43-28+/t22-,23-,24+,25+,26-,31+,32-,35-,36-,37+,39+,40-,41-/m1/s1. The molecule has 3 aliphatic heterocycles. The highest BCUT2D eigenvalue weighted by Crippen LogP contribution is 2.39. The zero-order valence-corrected chi connectivity index (χ0v) is 34.7. The van der Waals surface area contributed by atoms with Gasteiger partial charge in [-0.25, -0.2) is 0 Å². The molecule has 0 saturated carbocycles. The summed E-state index contributed by atoms with van der Waals surface area (Å²) >= 11 is 0. The summed E-state index contributed by atoms with van der Waals surface area (Å²) in [6.07, 6.45) is -2.22. The van der Waals surface area contributed by atoms with E-state index in [0.29, 0.717) is 23.4 Å². The number of aliphatic hydroxyl groups excluding tert-OH is 1. The van der Waals surface area contributed by atoms with Crippen molar-refractivity contribution in [2.24, 2.45) is 28.8 Å². The summed E-state index contributed by atoms with van der Waals surface area (Å²) in [6.45, 7) is 13.0. The molecule has 3 fully saturated rings. The van der Waals surface area contributed by atoms with E-state index in [9.17, 15) is 24.6 Å². The third-order valence-corrected chi connectivity index (χ3v) is 11.7. The Balaban J connectivity index is 1.57. The van der Waals surface area contributed by atoms with Gasteiger partial charge in [-0.15, -0.1) is 0 Å². The lowest BCUT2D eigenvalue weighted by molar-refractivity contribution is -0.296. The molecule has 3 saturated heterocycles. The van der Waals surface area contributed by atoms with Gasteiger partial charge in [-0.3, -0.25) is 19.4 Å². The molecule has 5 heterocycles. The third kappa shape index (κ3) is 9.98. The lowest BCUT2D eigenvalue weighted by atomic mass is 9.74. The van der Waals surface area contributed by atoms with Crippen molar-refractivity contribution >= 4 is 23.2 Å². The van der Waals surface area contributed by atoms with Gasteiger partial charge < -0.3 is 48.2 Å². The van der Waals surface area contributed by atoms with Crippen molar-refractivity contribution < 1.29 is 57.6 Å². The Kier molecular flexibility index (Phi) is 14.4. The van der Waals surface area contributed by atoms with Crippen molar-refractivity contribution in [2.45, 2.75) is 135 Å². The molecule has 0 aromatic carbocycles. The van der Waals surface area contributed by atoms with Crippen LogP contribution in [0.3, 0.4) is 0 Å². The molecule has 0 amide bonds. The van der Waals surface area contributed by atoms with Crippen molar-refractivity contribution in [1.82, 2.24) is 15.0 Å². The van der Waals surface area contributed by atoms with E-state index in [-0.39, 0.29) is 56.3 Å². The second kappa shape index (κ2) is 18.5. The minimum atomic E-state index is -1.88. The van der Waals surface area contributed by atoms with Gasteiger partial charge in [0.05, 0.1) is 42.8 Å². The lowest BCUT2D eigenvalue weighted by Crippen LogP contribution is -2.60. The van der Waals surface area contributed by atoms with E-state index in [1.165, 1.54) is 20.1 Å². The van der Waals surface area contributed by atoms with Crippen LogP contribution in [0, 0.1) is 23.7 Å². The number of hydrogen-bond acceptors (Lipinski definition) is 16. The quantitative estimate of drug-likeness (QED) is 0.222. The third-order valence-electron chi connectivity index (χ3n) is 11.7. The van der Waals surface area contributed by atoms with Crippen molar-refractivity contribution in [2.75, 3.05) is 27.3 Å². The molecule has 16 nitrogen and oxygen atoms in total. The number of cyclic esters (lactones) is 1. The largest absolute Gasteiger partial charge is 0.459 e. The van der Waals surface area contributed by atoms with Crippen molar-refractivity contribution in [3.8, 4) is 11.4 Å². The fourth-order valence-electron chi connectivity index (χ4n) is 8.41. The predicted octanol–water partition coefficient (Wildman–Crippen LogP) is 3.75. The molecule has 57 heavy (non-hydrogen) atoms. The van der Waals surface area contributed by atoms with E-state index in [0.717, 1.165) is 0 Å². The van der Waals surface area contributed by atoms with Crippen LogP contribution in [0.1, 0.15) is 80.2 Å². The molecule has 16 heteroatoms. The zero-order chi connectivity index (χ0) is 41.8.